The molecule has 2 nitrogen and oxygen atoms in total. The summed E-state index contributed by atoms with van der Waals surface area (Å²) in [5.41, 5.74) is 5.06. The van der Waals surface area contributed by atoms with Gasteiger partial charge >= 0.3 is 6.36 Å². The number of benzene rings is 2. The highest BCUT2D eigenvalue weighted by Gasteiger charge is 2.30. The average molecular weight is 305 g/mol. The van der Waals surface area contributed by atoms with Crippen LogP contribution in [0.25, 0.3) is 22.2 Å². The third kappa shape index (κ3) is 2.93. The van der Waals surface area contributed by atoms with E-state index < -0.39 is 6.36 Å². The van der Waals surface area contributed by atoms with Crippen LogP contribution in [0.5, 0.6) is 5.75 Å². The van der Waals surface area contributed by atoms with Crippen molar-refractivity contribution in [3.05, 3.63) is 53.6 Å². The second-order valence-corrected chi connectivity index (χ2v) is 5.28. The highest BCUT2D eigenvalue weighted by atomic mass is 19.4. The van der Waals surface area contributed by atoms with E-state index in [0.29, 0.717) is 0 Å². The number of rotatable bonds is 2. The van der Waals surface area contributed by atoms with Crippen LogP contribution in [-0.4, -0.2) is 11.3 Å². The quantitative estimate of drug-likeness (QED) is 0.678. The van der Waals surface area contributed by atoms with Crippen LogP contribution in [0.15, 0.2) is 42.5 Å². The summed E-state index contributed by atoms with van der Waals surface area (Å²) >= 11 is 0. The van der Waals surface area contributed by atoms with Gasteiger partial charge < -0.3 is 9.72 Å². The molecule has 1 heterocycles. The molecule has 0 amide bonds. The lowest BCUT2D eigenvalue weighted by molar-refractivity contribution is -0.274. The van der Waals surface area contributed by atoms with Crippen molar-refractivity contribution in [2.45, 2.75) is 20.2 Å². The standard InChI is InChI=1S/C17H14F3NO/c1-10-7-13-9-16(21-15(13)8-11(10)2)12-3-5-14(6-4-12)22-17(18,19)20/h3-9,21H,1-2H3. The van der Waals surface area contributed by atoms with Crippen LogP contribution < -0.4 is 4.74 Å². The van der Waals surface area contributed by atoms with Crippen molar-refractivity contribution < 1.29 is 17.9 Å². The number of halogens is 3. The largest absolute Gasteiger partial charge is 0.573 e. The van der Waals surface area contributed by atoms with E-state index in [9.17, 15) is 13.2 Å². The molecule has 0 fully saturated rings. The van der Waals surface area contributed by atoms with Crippen molar-refractivity contribution in [1.82, 2.24) is 4.98 Å². The van der Waals surface area contributed by atoms with Gasteiger partial charge in [-0.25, -0.2) is 0 Å². The maximum absolute atomic E-state index is 12.2. The molecule has 0 aliphatic carbocycles. The highest BCUT2D eigenvalue weighted by Crippen LogP contribution is 2.29. The molecule has 0 unspecified atom stereocenters. The summed E-state index contributed by atoms with van der Waals surface area (Å²) in [6, 6.07) is 12.0. The fraction of sp³-hybridized carbons (Fsp3) is 0.176. The number of alkyl halides is 3. The number of aromatic nitrogens is 1. The molecular weight excluding hydrogens is 291 g/mol. The summed E-state index contributed by atoms with van der Waals surface area (Å²) in [7, 11) is 0. The number of nitrogens with one attached hydrogen (secondary N) is 1. The Labute approximate surface area is 125 Å². The molecule has 0 bridgehead atoms. The maximum atomic E-state index is 12.2. The van der Waals surface area contributed by atoms with Gasteiger partial charge in [0, 0.05) is 16.6 Å². The zero-order chi connectivity index (χ0) is 15.9. The molecule has 0 atom stereocenters. The van der Waals surface area contributed by atoms with Gasteiger partial charge in [-0.2, -0.15) is 0 Å². The van der Waals surface area contributed by atoms with Crippen molar-refractivity contribution in [2.24, 2.45) is 0 Å². The number of ether oxygens (including phenoxy) is 1. The Kier molecular flexibility index (Phi) is 3.35. The number of aromatic amines is 1. The minimum absolute atomic E-state index is 0.223. The van der Waals surface area contributed by atoms with E-state index in [4.69, 9.17) is 0 Å². The van der Waals surface area contributed by atoms with Gasteiger partial charge in [-0.3, -0.25) is 0 Å². The lowest BCUT2D eigenvalue weighted by atomic mass is 10.1. The summed E-state index contributed by atoms with van der Waals surface area (Å²) < 4.78 is 40.3. The Morgan fingerprint density at radius 1 is 0.909 bits per heavy atom. The van der Waals surface area contributed by atoms with Crippen LogP contribution in [-0.2, 0) is 0 Å². The van der Waals surface area contributed by atoms with Gasteiger partial charge in [0.25, 0.3) is 0 Å². The van der Waals surface area contributed by atoms with Crippen LogP contribution >= 0.6 is 0 Å². The summed E-state index contributed by atoms with van der Waals surface area (Å²) in [6.45, 7) is 4.09. The molecule has 3 rings (SSSR count). The Morgan fingerprint density at radius 2 is 1.55 bits per heavy atom. The van der Waals surface area contributed by atoms with Crippen LogP contribution in [0.3, 0.4) is 0 Å². The molecule has 3 aromatic rings. The molecule has 1 aromatic heterocycles. The zero-order valence-electron chi connectivity index (χ0n) is 12.1. The molecule has 0 spiro atoms. The smallest absolute Gasteiger partial charge is 0.406 e. The number of hydrogen-bond acceptors (Lipinski definition) is 1. The third-order valence-electron chi connectivity index (χ3n) is 3.63. The van der Waals surface area contributed by atoms with E-state index in [1.807, 2.05) is 19.9 Å². The lowest BCUT2D eigenvalue weighted by Crippen LogP contribution is -2.16. The van der Waals surface area contributed by atoms with Crippen molar-refractivity contribution in [3.63, 3.8) is 0 Å². The van der Waals surface area contributed by atoms with Gasteiger partial charge in [0.05, 0.1) is 0 Å². The first-order valence-corrected chi connectivity index (χ1v) is 6.78. The Balaban J connectivity index is 1.94. The molecule has 0 saturated carbocycles. The van der Waals surface area contributed by atoms with Gasteiger partial charge in [0.15, 0.2) is 0 Å². The summed E-state index contributed by atoms with van der Waals surface area (Å²) in [6.07, 6.45) is -4.67. The first-order chi connectivity index (χ1) is 10.3. The number of aryl methyl sites for hydroxylation is 2. The SMILES string of the molecule is Cc1cc2cc(-c3ccc(OC(F)(F)F)cc3)[nH]c2cc1C. The number of hydrogen-bond donors (Lipinski definition) is 1. The summed E-state index contributed by atoms with van der Waals surface area (Å²) in [4.78, 5) is 3.28. The summed E-state index contributed by atoms with van der Waals surface area (Å²) in [5.74, 6) is -0.223. The van der Waals surface area contributed by atoms with Gasteiger partial charge in [0.1, 0.15) is 5.75 Å². The first kappa shape index (κ1) is 14.5. The van der Waals surface area contributed by atoms with Crippen molar-refractivity contribution in [2.75, 3.05) is 0 Å². The van der Waals surface area contributed by atoms with Crippen LogP contribution in [0.2, 0.25) is 0 Å². The molecule has 22 heavy (non-hydrogen) atoms. The first-order valence-electron chi connectivity index (χ1n) is 6.78. The van der Waals surface area contributed by atoms with Crippen molar-refractivity contribution in [1.29, 1.82) is 0 Å². The Morgan fingerprint density at radius 3 is 2.18 bits per heavy atom. The molecule has 0 aliphatic rings. The van der Waals surface area contributed by atoms with Gasteiger partial charge in [-0.05, 0) is 73.0 Å². The predicted octanol–water partition coefficient (Wildman–Crippen LogP) is 5.35. The molecule has 5 heteroatoms. The van der Waals surface area contributed by atoms with Crippen LogP contribution in [0.1, 0.15) is 11.1 Å². The minimum Gasteiger partial charge on any atom is -0.406 e. The van der Waals surface area contributed by atoms with E-state index >= 15 is 0 Å². The molecule has 2 aromatic carbocycles. The number of H-pyrrole nitrogens is 1. The van der Waals surface area contributed by atoms with Gasteiger partial charge in [-0.1, -0.05) is 0 Å². The topological polar surface area (TPSA) is 25.0 Å². The normalized spacial score (nSPS) is 11.9. The fourth-order valence-corrected chi connectivity index (χ4v) is 2.39. The monoisotopic (exact) mass is 305 g/mol. The molecule has 114 valence electrons. The highest BCUT2D eigenvalue weighted by molar-refractivity contribution is 5.87. The van der Waals surface area contributed by atoms with Gasteiger partial charge in [0.2, 0.25) is 0 Å². The Bertz CT molecular complexity index is 777. The minimum atomic E-state index is -4.67. The van der Waals surface area contributed by atoms with Crippen molar-refractivity contribution in [3.8, 4) is 17.0 Å². The van der Waals surface area contributed by atoms with E-state index in [2.05, 4.69) is 21.9 Å². The van der Waals surface area contributed by atoms with E-state index in [1.54, 1.807) is 12.1 Å². The van der Waals surface area contributed by atoms with E-state index in [-0.39, 0.29) is 5.75 Å². The van der Waals surface area contributed by atoms with Crippen LogP contribution in [0, 0.1) is 13.8 Å². The third-order valence-corrected chi connectivity index (χ3v) is 3.63. The fourth-order valence-electron chi connectivity index (χ4n) is 2.39. The van der Waals surface area contributed by atoms with Crippen molar-refractivity contribution >= 4 is 10.9 Å². The second-order valence-electron chi connectivity index (χ2n) is 5.28. The number of fused-ring (bicyclic) bond motifs is 1. The molecule has 0 aliphatic heterocycles. The maximum Gasteiger partial charge on any atom is 0.573 e. The lowest BCUT2D eigenvalue weighted by Gasteiger charge is -2.08. The second kappa shape index (κ2) is 5.09. The van der Waals surface area contributed by atoms with E-state index in [0.717, 1.165) is 22.2 Å². The van der Waals surface area contributed by atoms with E-state index in [1.165, 1.54) is 23.3 Å². The molecule has 0 radical (unpaired) electrons. The summed E-state index contributed by atoms with van der Waals surface area (Å²) in [5, 5.41) is 1.08. The molecule has 0 saturated heterocycles. The van der Waals surface area contributed by atoms with Crippen LogP contribution in [0.4, 0.5) is 13.2 Å². The van der Waals surface area contributed by atoms with Gasteiger partial charge in [-0.15, -0.1) is 13.2 Å². The molecular formula is C17H14F3NO. The predicted molar refractivity (Wildman–Crippen MR) is 79.9 cm³/mol. The average Bonchev–Trinajstić information content (AvgIpc) is 2.81. The Hall–Kier alpha value is -2.43. The molecule has 1 N–H and O–H groups in total. The zero-order valence-corrected chi connectivity index (χ0v) is 12.1.